The van der Waals surface area contributed by atoms with Crippen molar-refractivity contribution in [3.05, 3.63) is 32.6 Å². The summed E-state index contributed by atoms with van der Waals surface area (Å²) >= 11 is 0. The number of aromatic nitrogens is 1. The number of rotatable bonds is 1. The van der Waals surface area contributed by atoms with E-state index < -0.39 is 17.8 Å². The minimum atomic E-state index is -1.87. The van der Waals surface area contributed by atoms with Crippen LogP contribution in [-0.4, -0.2) is 20.7 Å². The lowest BCUT2D eigenvalue weighted by Crippen LogP contribution is -2.48. The third-order valence-electron chi connectivity index (χ3n) is 2.76. The number of aliphatic hydroxyl groups is 2. The molecule has 0 aliphatic heterocycles. The molecule has 0 amide bonds. The minimum Gasteiger partial charge on any atom is -0.364 e. The molecule has 0 fully saturated rings. The summed E-state index contributed by atoms with van der Waals surface area (Å²) in [5.41, 5.74) is -0.844. The van der Waals surface area contributed by atoms with E-state index in [1.165, 1.54) is 13.0 Å². The highest BCUT2D eigenvalue weighted by atomic mass is 16.5. The van der Waals surface area contributed by atoms with Crippen LogP contribution >= 0.6 is 0 Å². The SMILES string of the molecule is CC(=O)n1c(=O)c(C(O)O)cc2c1=CCCC=2. The first-order valence-electron chi connectivity index (χ1n) is 5.36. The second kappa shape index (κ2) is 4.27. The molecule has 0 bridgehead atoms. The fraction of sp³-hybridized carbons (Fsp3) is 0.333. The van der Waals surface area contributed by atoms with Crippen molar-refractivity contribution in [3.63, 3.8) is 0 Å². The summed E-state index contributed by atoms with van der Waals surface area (Å²) in [5.74, 6) is -0.430. The summed E-state index contributed by atoms with van der Waals surface area (Å²) in [6, 6.07) is 1.43. The molecule has 1 aromatic heterocycles. The summed E-state index contributed by atoms with van der Waals surface area (Å²) in [6.07, 6.45) is 3.39. The maximum absolute atomic E-state index is 11.9. The molecule has 1 heterocycles. The number of aliphatic hydroxyl groups excluding tert-OH is 1. The summed E-state index contributed by atoms with van der Waals surface area (Å²) in [7, 11) is 0. The van der Waals surface area contributed by atoms with Crippen LogP contribution in [0.4, 0.5) is 0 Å². The van der Waals surface area contributed by atoms with Crippen molar-refractivity contribution in [2.24, 2.45) is 0 Å². The predicted octanol–water partition coefficient (Wildman–Crippen LogP) is -1.15. The van der Waals surface area contributed by atoms with Gasteiger partial charge in [0.1, 0.15) is 0 Å². The van der Waals surface area contributed by atoms with Gasteiger partial charge in [0.15, 0.2) is 6.29 Å². The van der Waals surface area contributed by atoms with Crippen LogP contribution < -0.4 is 16.1 Å². The molecular weight excluding hydrogens is 222 g/mol. The van der Waals surface area contributed by atoms with Crippen LogP contribution in [0, 0.1) is 0 Å². The molecule has 2 N–H and O–H groups in total. The Morgan fingerprint density at radius 1 is 1.35 bits per heavy atom. The first kappa shape index (κ1) is 11.8. The van der Waals surface area contributed by atoms with E-state index in [0.29, 0.717) is 10.6 Å². The van der Waals surface area contributed by atoms with E-state index in [9.17, 15) is 9.59 Å². The molecule has 5 heteroatoms. The first-order chi connectivity index (χ1) is 8.02. The van der Waals surface area contributed by atoms with Crippen molar-refractivity contribution >= 4 is 18.1 Å². The number of hydrogen-bond acceptors (Lipinski definition) is 4. The average molecular weight is 235 g/mol. The third-order valence-corrected chi connectivity index (χ3v) is 2.76. The fourth-order valence-electron chi connectivity index (χ4n) is 2.00. The van der Waals surface area contributed by atoms with Gasteiger partial charge in [0.2, 0.25) is 5.91 Å². The standard InChI is InChI=1S/C12H13NO4/c1-7(14)13-10-5-3-2-4-8(10)6-9(11(13)15)12(16)17/h4-6,12,16-17H,2-3H2,1H3. The van der Waals surface area contributed by atoms with Gasteiger partial charge in [0, 0.05) is 6.92 Å². The molecule has 0 spiro atoms. The van der Waals surface area contributed by atoms with E-state index in [-0.39, 0.29) is 5.56 Å². The first-order valence-corrected chi connectivity index (χ1v) is 5.36. The lowest BCUT2D eigenvalue weighted by Gasteiger charge is -2.11. The Hall–Kier alpha value is -1.72. The van der Waals surface area contributed by atoms with Crippen molar-refractivity contribution in [3.8, 4) is 0 Å². The molecule has 5 nitrogen and oxygen atoms in total. The predicted molar refractivity (Wildman–Crippen MR) is 61.6 cm³/mol. The molecule has 0 aromatic carbocycles. The molecule has 0 saturated heterocycles. The largest absolute Gasteiger partial charge is 0.364 e. The van der Waals surface area contributed by atoms with Crippen LogP contribution in [0.5, 0.6) is 0 Å². The molecule has 0 radical (unpaired) electrons. The van der Waals surface area contributed by atoms with Gasteiger partial charge < -0.3 is 10.2 Å². The van der Waals surface area contributed by atoms with Gasteiger partial charge in [-0.05, 0) is 24.1 Å². The number of carbonyl (C=O) groups excluding carboxylic acids is 1. The molecule has 0 saturated carbocycles. The lowest BCUT2D eigenvalue weighted by molar-refractivity contribution is -0.0438. The Bertz CT molecular complexity index is 640. The summed E-state index contributed by atoms with van der Waals surface area (Å²) in [4.78, 5) is 23.4. The number of pyridine rings is 1. The Labute approximate surface area is 96.9 Å². The smallest absolute Gasteiger partial charge is 0.266 e. The van der Waals surface area contributed by atoms with E-state index in [2.05, 4.69) is 0 Å². The Morgan fingerprint density at radius 3 is 2.59 bits per heavy atom. The zero-order chi connectivity index (χ0) is 12.6. The second-order valence-corrected chi connectivity index (χ2v) is 3.96. The van der Waals surface area contributed by atoms with Crippen molar-refractivity contribution in [1.82, 2.24) is 4.57 Å². The maximum Gasteiger partial charge on any atom is 0.266 e. The highest BCUT2D eigenvalue weighted by Crippen LogP contribution is 2.01. The van der Waals surface area contributed by atoms with Gasteiger partial charge >= 0.3 is 0 Å². The fourth-order valence-corrected chi connectivity index (χ4v) is 2.00. The van der Waals surface area contributed by atoms with Gasteiger partial charge in [-0.25, -0.2) is 4.57 Å². The van der Waals surface area contributed by atoms with Crippen LogP contribution in [0.15, 0.2) is 10.9 Å². The van der Waals surface area contributed by atoms with Crippen molar-refractivity contribution in [2.75, 3.05) is 0 Å². The van der Waals surface area contributed by atoms with Gasteiger partial charge in [-0.2, -0.15) is 0 Å². The summed E-state index contributed by atoms with van der Waals surface area (Å²) < 4.78 is 0.986. The Kier molecular flexibility index (Phi) is 2.95. The van der Waals surface area contributed by atoms with E-state index >= 15 is 0 Å². The van der Waals surface area contributed by atoms with Crippen molar-refractivity contribution in [1.29, 1.82) is 0 Å². The van der Waals surface area contributed by atoms with Crippen LogP contribution in [0.2, 0.25) is 0 Å². The normalized spacial score (nSPS) is 13.9. The van der Waals surface area contributed by atoms with Gasteiger partial charge in [-0.3, -0.25) is 9.59 Å². The maximum atomic E-state index is 11.9. The van der Waals surface area contributed by atoms with E-state index in [4.69, 9.17) is 10.2 Å². The van der Waals surface area contributed by atoms with Gasteiger partial charge in [0.05, 0.1) is 10.9 Å². The van der Waals surface area contributed by atoms with Crippen LogP contribution in [0.1, 0.15) is 36.4 Å². The van der Waals surface area contributed by atoms with E-state index in [1.807, 2.05) is 12.2 Å². The van der Waals surface area contributed by atoms with Crippen LogP contribution in [-0.2, 0) is 0 Å². The number of fused-ring (bicyclic) bond motifs is 1. The zero-order valence-corrected chi connectivity index (χ0v) is 9.38. The van der Waals surface area contributed by atoms with Gasteiger partial charge in [-0.15, -0.1) is 0 Å². The summed E-state index contributed by atoms with van der Waals surface area (Å²) in [6.45, 7) is 1.28. The average Bonchev–Trinajstić information content (AvgIpc) is 2.27. The molecule has 2 rings (SSSR count). The monoisotopic (exact) mass is 235 g/mol. The second-order valence-electron chi connectivity index (χ2n) is 3.96. The van der Waals surface area contributed by atoms with E-state index in [0.717, 1.165) is 17.4 Å². The Balaban J connectivity index is 2.95. The van der Waals surface area contributed by atoms with Crippen LogP contribution in [0.3, 0.4) is 0 Å². The topological polar surface area (TPSA) is 79.5 Å². The lowest BCUT2D eigenvalue weighted by atomic mass is 10.1. The number of nitrogens with zero attached hydrogens (tertiary/aromatic N) is 1. The minimum absolute atomic E-state index is 0.175. The molecule has 0 atom stereocenters. The zero-order valence-electron chi connectivity index (χ0n) is 9.38. The molecule has 0 unspecified atom stereocenters. The highest BCUT2D eigenvalue weighted by molar-refractivity contribution is 5.76. The van der Waals surface area contributed by atoms with Gasteiger partial charge in [0.25, 0.3) is 5.56 Å². The van der Waals surface area contributed by atoms with E-state index in [1.54, 1.807) is 0 Å². The molecule has 17 heavy (non-hydrogen) atoms. The molecule has 1 aliphatic rings. The number of hydrogen-bond donors (Lipinski definition) is 2. The van der Waals surface area contributed by atoms with Crippen molar-refractivity contribution in [2.45, 2.75) is 26.1 Å². The molecule has 90 valence electrons. The number of carbonyl (C=O) groups is 1. The summed E-state index contributed by atoms with van der Waals surface area (Å²) in [5, 5.41) is 19.5. The molecule has 1 aromatic rings. The molecule has 1 aliphatic carbocycles. The highest BCUT2D eigenvalue weighted by Gasteiger charge is 2.15. The van der Waals surface area contributed by atoms with Crippen molar-refractivity contribution < 1.29 is 15.0 Å². The Morgan fingerprint density at radius 2 is 2.00 bits per heavy atom. The molecular formula is C12H13NO4. The quantitative estimate of drug-likeness (QED) is 0.602. The van der Waals surface area contributed by atoms with Gasteiger partial charge in [-0.1, -0.05) is 12.2 Å². The third kappa shape index (κ3) is 1.94. The van der Waals surface area contributed by atoms with Crippen LogP contribution in [0.25, 0.3) is 12.2 Å².